The predicted octanol–water partition coefficient (Wildman–Crippen LogP) is 2.11. The van der Waals surface area contributed by atoms with Crippen LogP contribution in [0.25, 0.3) is 0 Å². The third-order valence-corrected chi connectivity index (χ3v) is 4.06. The Morgan fingerprint density at radius 1 is 1.25 bits per heavy atom. The molecule has 0 radical (unpaired) electrons. The van der Waals surface area contributed by atoms with Crippen LogP contribution in [0.1, 0.15) is 53.9 Å². The van der Waals surface area contributed by atoms with E-state index in [9.17, 15) is 9.90 Å². The second-order valence-corrected chi connectivity index (χ2v) is 6.81. The van der Waals surface area contributed by atoms with Crippen LogP contribution in [0.4, 0.5) is 0 Å². The van der Waals surface area contributed by atoms with Crippen molar-refractivity contribution in [2.24, 2.45) is 5.92 Å². The van der Waals surface area contributed by atoms with Crippen LogP contribution >= 0.6 is 0 Å². The van der Waals surface area contributed by atoms with E-state index < -0.39 is 0 Å². The van der Waals surface area contributed by atoms with Crippen molar-refractivity contribution in [1.29, 1.82) is 0 Å². The first-order valence-corrected chi connectivity index (χ1v) is 8.04. The van der Waals surface area contributed by atoms with E-state index in [1.165, 1.54) is 0 Å². The minimum Gasteiger partial charge on any atom is -0.392 e. The van der Waals surface area contributed by atoms with Crippen molar-refractivity contribution in [3.05, 3.63) is 0 Å². The van der Waals surface area contributed by atoms with Crippen molar-refractivity contribution in [3.8, 4) is 0 Å². The van der Waals surface area contributed by atoms with Crippen LogP contribution in [-0.2, 0) is 4.79 Å². The van der Waals surface area contributed by atoms with Gasteiger partial charge in [0.2, 0.25) is 5.91 Å². The summed E-state index contributed by atoms with van der Waals surface area (Å²) < 4.78 is 0. The lowest BCUT2D eigenvalue weighted by Crippen LogP contribution is -2.52. The van der Waals surface area contributed by atoms with Gasteiger partial charge in [-0.3, -0.25) is 9.69 Å². The molecule has 0 aromatic heterocycles. The molecule has 4 heteroatoms. The molecule has 1 heterocycles. The topological polar surface area (TPSA) is 43.8 Å². The smallest absolute Gasteiger partial charge is 0.236 e. The van der Waals surface area contributed by atoms with E-state index >= 15 is 0 Å². The van der Waals surface area contributed by atoms with E-state index in [4.69, 9.17) is 0 Å². The Kier molecular flexibility index (Phi) is 6.96. The summed E-state index contributed by atoms with van der Waals surface area (Å²) in [5.74, 6) is 0.677. The molecule has 2 unspecified atom stereocenters. The highest BCUT2D eigenvalue weighted by Gasteiger charge is 2.29. The Balaban J connectivity index is 2.65. The number of carbonyl (C=O) groups is 1. The van der Waals surface area contributed by atoms with Gasteiger partial charge in [0.25, 0.3) is 0 Å². The number of carbonyl (C=O) groups excluding carboxylic acids is 1. The Hall–Kier alpha value is -0.610. The molecule has 0 aromatic carbocycles. The quantitative estimate of drug-likeness (QED) is 0.812. The van der Waals surface area contributed by atoms with E-state index in [0.717, 1.165) is 32.4 Å². The fraction of sp³-hybridized carbons (Fsp3) is 0.938. The number of hydrogen-bond donors (Lipinski definition) is 1. The molecular formula is C16H32N2O2. The van der Waals surface area contributed by atoms with E-state index in [1.54, 1.807) is 0 Å². The first-order valence-electron chi connectivity index (χ1n) is 8.04. The van der Waals surface area contributed by atoms with Gasteiger partial charge in [-0.1, -0.05) is 20.3 Å². The second-order valence-electron chi connectivity index (χ2n) is 6.81. The highest BCUT2D eigenvalue weighted by molar-refractivity contribution is 5.78. The SMILES string of the molecule is CC(C)CN(C(=O)CN1CCCCC1C(C)O)C(C)C. The number of piperidine rings is 1. The Labute approximate surface area is 124 Å². The average molecular weight is 284 g/mol. The first kappa shape index (κ1) is 17.4. The average Bonchev–Trinajstić information content (AvgIpc) is 2.35. The van der Waals surface area contributed by atoms with Gasteiger partial charge in [-0.15, -0.1) is 0 Å². The predicted molar refractivity (Wildman–Crippen MR) is 82.6 cm³/mol. The van der Waals surface area contributed by atoms with Crippen LogP contribution in [0.15, 0.2) is 0 Å². The zero-order chi connectivity index (χ0) is 15.3. The van der Waals surface area contributed by atoms with E-state index in [0.29, 0.717) is 12.5 Å². The summed E-state index contributed by atoms with van der Waals surface area (Å²) in [4.78, 5) is 16.7. The molecule has 0 bridgehead atoms. The number of nitrogens with zero attached hydrogens (tertiary/aromatic N) is 2. The number of aliphatic hydroxyl groups is 1. The lowest BCUT2D eigenvalue weighted by molar-refractivity contribution is -0.136. The number of amides is 1. The maximum absolute atomic E-state index is 12.6. The highest BCUT2D eigenvalue weighted by atomic mass is 16.3. The fourth-order valence-corrected chi connectivity index (χ4v) is 3.02. The van der Waals surface area contributed by atoms with Gasteiger partial charge in [-0.2, -0.15) is 0 Å². The van der Waals surface area contributed by atoms with E-state index in [-0.39, 0.29) is 24.1 Å². The Morgan fingerprint density at radius 2 is 1.90 bits per heavy atom. The summed E-state index contributed by atoms with van der Waals surface area (Å²) >= 11 is 0. The summed E-state index contributed by atoms with van der Waals surface area (Å²) in [7, 11) is 0. The largest absolute Gasteiger partial charge is 0.392 e. The van der Waals surface area contributed by atoms with Crippen LogP contribution < -0.4 is 0 Å². The summed E-state index contributed by atoms with van der Waals surface area (Å²) in [6.07, 6.45) is 2.92. The monoisotopic (exact) mass is 284 g/mol. The lowest BCUT2D eigenvalue weighted by atomic mass is 9.98. The molecule has 1 saturated heterocycles. The molecule has 1 aliphatic heterocycles. The molecule has 0 aliphatic carbocycles. The highest BCUT2D eigenvalue weighted by Crippen LogP contribution is 2.20. The lowest BCUT2D eigenvalue weighted by Gasteiger charge is -2.39. The number of rotatable bonds is 6. The van der Waals surface area contributed by atoms with E-state index in [1.807, 2.05) is 11.8 Å². The van der Waals surface area contributed by atoms with Gasteiger partial charge >= 0.3 is 0 Å². The third kappa shape index (κ3) is 5.06. The molecule has 1 aliphatic rings. The van der Waals surface area contributed by atoms with Gasteiger partial charge in [-0.05, 0) is 46.1 Å². The van der Waals surface area contributed by atoms with Crippen molar-refractivity contribution in [1.82, 2.24) is 9.80 Å². The summed E-state index contributed by atoms with van der Waals surface area (Å²) in [6, 6.07) is 0.375. The fourth-order valence-electron chi connectivity index (χ4n) is 3.02. The molecule has 0 aromatic rings. The Morgan fingerprint density at radius 3 is 2.40 bits per heavy atom. The van der Waals surface area contributed by atoms with Crippen molar-refractivity contribution in [2.75, 3.05) is 19.6 Å². The molecule has 118 valence electrons. The molecule has 20 heavy (non-hydrogen) atoms. The van der Waals surface area contributed by atoms with Crippen LogP contribution in [0.3, 0.4) is 0 Å². The van der Waals surface area contributed by atoms with Crippen LogP contribution in [0.5, 0.6) is 0 Å². The van der Waals surface area contributed by atoms with Gasteiger partial charge in [0.1, 0.15) is 0 Å². The molecule has 1 rings (SSSR count). The molecule has 1 fully saturated rings. The summed E-state index contributed by atoms with van der Waals surface area (Å²) in [5, 5.41) is 9.89. The van der Waals surface area contributed by atoms with Gasteiger partial charge in [0.05, 0.1) is 12.6 Å². The van der Waals surface area contributed by atoms with Gasteiger partial charge in [0.15, 0.2) is 0 Å². The molecule has 0 spiro atoms. The number of likely N-dealkylation sites (tertiary alicyclic amines) is 1. The summed E-state index contributed by atoms with van der Waals surface area (Å²) in [5.41, 5.74) is 0. The third-order valence-electron chi connectivity index (χ3n) is 4.06. The first-order chi connectivity index (χ1) is 9.32. The molecular weight excluding hydrogens is 252 g/mol. The maximum Gasteiger partial charge on any atom is 0.236 e. The van der Waals surface area contributed by atoms with Crippen LogP contribution in [0, 0.1) is 5.92 Å². The normalized spacial score (nSPS) is 22.3. The van der Waals surface area contributed by atoms with Gasteiger partial charge in [0, 0.05) is 18.6 Å². The Bertz CT molecular complexity index is 303. The zero-order valence-electron chi connectivity index (χ0n) is 13.8. The molecule has 0 saturated carbocycles. The van der Waals surface area contributed by atoms with E-state index in [2.05, 4.69) is 32.6 Å². The van der Waals surface area contributed by atoms with Crippen molar-refractivity contribution in [2.45, 2.75) is 72.1 Å². The van der Waals surface area contributed by atoms with Crippen molar-refractivity contribution in [3.63, 3.8) is 0 Å². The second kappa shape index (κ2) is 7.99. The molecule has 4 nitrogen and oxygen atoms in total. The minimum atomic E-state index is -0.360. The molecule has 2 atom stereocenters. The standard InChI is InChI=1S/C16H32N2O2/c1-12(2)10-18(13(3)4)16(20)11-17-9-7-6-8-15(17)14(5)19/h12-15,19H,6-11H2,1-5H3. The molecule has 1 amide bonds. The van der Waals surface area contributed by atoms with Gasteiger partial charge in [-0.25, -0.2) is 0 Å². The van der Waals surface area contributed by atoms with Crippen LogP contribution in [-0.4, -0.2) is 58.6 Å². The summed E-state index contributed by atoms with van der Waals surface area (Å²) in [6.45, 7) is 12.4. The zero-order valence-corrected chi connectivity index (χ0v) is 13.8. The number of hydrogen-bond acceptors (Lipinski definition) is 3. The number of aliphatic hydroxyl groups excluding tert-OH is 1. The van der Waals surface area contributed by atoms with Crippen molar-refractivity contribution < 1.29 is 9.90 Å². The van der Waals surface area contributed by atoms with Crippen molar-refractivity contribution >= 4 is 5.91 Å². The minimum absolute atomic E-state index is 0.140. The van der Waals surface area contributed by atoms with Crippen LogP contribution in [0.2, 0.25) is 0 Å². The maximum atomic E-state index is 12.6. The molecule has 1 N–H and O–H groups in total. The van der Waals surface area contributed by atoms with Gasteiger partial charge < -0.3 is 10.0 Å².